The SMILES string of the molecule is O=C(NCc1ccccc1F)N1CC(CN2C(=O)COC2=O)C1. The summed E-state index contributed by atoms with van der Waals surface area (Å²) in [5.74, 6) is -0.665. The molecular formula is C15H16FN3O4. The number of ether oxygens (including phenoxy) is 1. The molecule has 2 heterocycles. The van der Waals surface area contributed by atoms with Gasteiger partial charge in [0, 0.05) is 37.7 Å². The summed E-state index contributed by atoms with van der Waals surface area (Å²) in [5.41, 5.74) is 0.420. The van der Waals surface area contributed by atoms with Crippen molar-refractivity contribution in [1.29, 1.82) is 0 Å². The van der Waals surface area contributed by atoms with Crippen LogP contribution < -0.4 is 5.32 Å². The van der Waals surface area contributed by atoms with Crippen molar-refractivity contribution >= 4 is 18.0 Å². The van der Waals surface area contributed by atoms with Gasteiger partial charge in [-0.3, -0.25) is 4.79 Å². The average molecular weight is 321 g/mol. The number of urea groups is 1. The number of nitrogens with zero attached hydrogens (tertiary/aromatic N) is 2. The monoisotopic (exact) mass is 321 g/mol. The highest BCUT2D eigenvalue weighted by atomic mass is 19.1. The lowest BCUT2D eigenvalue weighted by Gasteiger charge is -2.40. The first-order valence-electron chi connectivity index (χ1n) is 7.28. The number of halogens is 1. The van der Waals surface area contributed by atoms with Crippen LogP contribution in [-0.4, -0.2) is 54.1 Å². The second kappa shape index (κ2) is 6.23. The fourth-order valence-electron chi connectivity index (χ4n) is 2.59. The van der Waals surface area contributed by atoms with Gasteiger partial charge in [-0.15, -0.1) is 0 Å². The quantitative estimate of drug-likeness (QED) is 0.895. The molecule has 2 fully saturated rings. The molecule has 1 N–H and O–H groups in total. The molecule has 3 rings (SSSR count). The van der Waals surface area contributed by atoms with E-state index in [-0.39, 0.29) is 43.4 Å². The summed E-state index contributed by atoms with van der Waals surface area (Å²) >= 11 is 0. The number of benzene rings is 1. The lowest BCUT2D eigenvalue weighted by molar-refractivity contribution is -0.126. The fraction of sp³-hybridized carbons (Fsp3) is 0.400. The molecule has 0 radical (unpaired) electrons. The van der Waals surface area contributed by atoms with Crippen LogP contribution in [0.15, 0.2) is 24.3 Å². The molecule has 0 aromatic heterocycles. The molecule has 0 unspecified atom stereocenters. The van der Waals surface area contributed by atoms with Crippen LogP contribution in [0.1, 0.15) is 5.56 Å². The summed E-state index contributed by atoms with van der Waals surface area (Å²) in [6, 6.07) is 5.95. The van der Waals surface area contributed by atoms with E-state index in [1.807, 2.05) is 0 Å². The molecule has 1 aromatic carbocycles. The Kier molecular flexibility index (Phi) is 4.14. The predicted octanol–water partition coefficient (Wildman–Crippen LogP) is 0.946. The Hall–Kier alpha value is -2.64. The van der Waals surface area contributed by atoms with E-state index in [4.69, 9.17) is 0 Å². The van der Waals surface area contributed by atoms with Crippen molar-refractivity contribution in [2.24, 2.45) is 5.92 Å². The Labute approximate surface area is 132 Å². The summed E-state index contributed by atoms with van der Waals surface area (Å²) in [6.07, 6.45) is -0.627. The van der Waals surface area contributed by atoms with Crippen LogP contribution in [0.3, 0.4) is 0 Å². The minimum absolute atomic E-state index is 0.0452. The van der Waals surface area contributed by atoms with Gasteiger partial charge < -0.3 is 15.0 Å². The van der Waals surface area contributed by atoms with Crippen LogP contribution in [0.4, 0.5) is 14.0 Å². The molecule has 0 bridgehead atoms. The molecule has 23 heavy (non-hydrogen) atoms. The number of cyclic esters (lactones) is 1. The second-order valence-electron chi connectivity index (χ2n) is 5.58. The number of amides is 4. The Morgan fingerprint density at radius 1 is 1.30 bits per heavy atom. The molecule has 0 aliphatic carbocycles. The molecule has 122 valence electrons. The standard InChI is InChI=1S/C15H16FN3O4/c16-12-4-2-1-3-11(12)5-17-14(21)18-6-10(7-18)8-19-13(20)9-23-15(19)22/h1-4,10H,5-9H2,(H,17,21). The third-order valence-corrected chi connectivity index (χ3v) is 3.91. The van der Waals surface area contributed by atoms with E-state index >= 15 is 0 Å². The summed E-state index contributed by atoms with van der Waals surface area (Å²) < 4.78 is 18.1. The van der Waals surface area contributed by atoms with Gasteiger partial charge in [-0.05, 0) is 6.07 Å². The van der Waals surface area contributed by atoms with Crippen molar-refractivity contribution in [3.05, 3.63) is 35.6 Å². The highest BCUT2D eigenvalue weighted by molar-refractivity contribution is 5.97. The Bertz CT molecular complexity index is 629. The number of carbonyl (C=O) groups is 3. The highest BCUT2D eigenvalue weighted by Gasteiger charge is 2.38. The zero-order valence-corrected chi connectivity index (χ0v) is 12.3. The molecule has 7 nitrogen and oxygen atoms in total. The van der Waals surface area contributed by atoms with Gasteiger partial charge in [0.15, 0.2) is 6.61 Å². The van der Waals surface area contributed by atoms with Crippen LogP contribution in [-0.2, 0) is 16.1 Å². The first-order valence-corrected chi connectivity index (χ1v) is 7.28. The van der Waals surface area contributed by atoms with E-state index in [0.29, 0.717) is 18.7 Å². The number of likely N-dealkylation sites (tertiary alicyclic amines) is 1. The normalized spacial score (nSPS) is 18.0. The van der Waals surface area contributed by atoms with Crippen molar-refractivity contribution in [2.45, 2.75) is 6.54 Å². The van der Waals surface area contributed by atoms with Gasteiger partial charge in [0.05, 0.1) is 0 Å². The van der Waals surface area contributed by atoms with Crippen LogP contribution >= 0.6 is 0 Å². The molecule has 2 aliphatic rings. The zero-order chi connectivity index (χ0) is 16.4. The van der Waals surface area contributed by atoms with Gasteiger partial charge in [-0.2, -0.15) is 0 Å². The van der Waals surface area contributed by atoms with Gasteiger partial charge in [-0.25, -0.2) is 18.9 Å². The first-order chi connectivity index (χ1) is 11.0. The number of rotatable bonds is 4. The van der Waals surface area contributed by atoms with Gasteiger partial charge in [-0.1, -0.05) is 18.2 Å². The van der Waals surface area contributed by atoms with Crippen LogP contribution in [0.25, 0.3) is 0 Å². The Morgan fingerprint density at radius 3 is 2.70 bits per heavy atom. The number of nitrogens with one attached hydrogen (secondary N) is 1. The smallest absolute Gasteiger partial charge is 0.417 e. The maximum atomic E-state index is 13.5. The van der Waals surface area contributed by atoms with Gasteiger partial charge in [0.2, 0.25) is 0 Å². The lowest BCUT2D eigenvalue weighted by atomic mass is 10.0. The van der Waals surface area contributed by atoms with Gasteiger partial charge >= 0.3 is 12.1 Å². The van der Waals surface area contributed by atoms with Crippen molar-refractivity contribution < 1.29 is 23.5 Å². The zero-order valence-electron chi connectivity index (χ0n) is 12.3. The maximum absolute atomic E-state index is 13.5. The third kappa shape index (κ3) is 3.25. The molecule has 4 amide bonds. The molecule has 2 saturated heterocycles. The van der Waals surface area contributed by atoms with E-state index in [0.717, 1.165) is 4.90 Å². The van der Waals surface area contributed by atoms with Crippen molar-refractivity contribution in [1.82, 2.24) is 15.1 Å². The van der Waals surface area contributed by atoms with E-state index < -0.39 is 6.09 Å². The molecule has 1 aromatic rings. The van der Waals surface area contributed by atoms with Gasteiger partial charge in [0.25, 0.3) is 5.91 Å². The topological polar surface area (TPSA) is 79.0 Å². The summed E-state index contributed by atoms with van der Waals surface area (Å²) in [5, 5.41) is 2.65. The lowest BCUT2D eigenvalue weighted by Crippen LogP contribution is -2.57. The average Bonchev–Trinajstić information content (AvgIpc) is 2.80. The molecule has 8 heteroatoms. The van der Waals surface area contributed by atoms with Crippen molar-refractivity contribution in [3.63, 3.8) is 0 Å². The minimum Gasteiger partial charge on any atom is -0.439 e. The highest BCUT2D eigenvalue weighted by Crippen LogP contribution is 2.19. The fourth-order valence-corrected chi connectivity index (χ4v) is 2.59. The van der Waals surface area contributed by atoms with E-state index in [1.54, 1.807) is 23.1 Å². The second-order valence-corrected chi connectivity index (χ2v) is 5.58. The first kappa shape index (κ1) is 15.3. The van der Waals surface area contributed by atoms with Crippen LogP contribution in [0, 0.1) is 11.7 Å². The van der Waals surface area contributed by atoms with E-state index in [9.17, 15) is 18.8 Å². The molecule has 2 aliphatic heterocycles. The summed E-state index contributed by atoms with van der Waals surface area (Å²) in [4.78, 5) is 37.3. The minimum atomic E-state index is -0.627. The molecular weight excluding hydrogens is 305 g/mol. The Balaban J connectivity index is 1.42. The number of carbonyl (C=O) groups excluding carboxylic acids is 3. The largest absolute Gasteiger partial charge is 0.439 e. The summed E-state index contributed by atoms with van der Waals surface area (Å²) in [6.45, 7) is 1.05. The van der Waals surface area contributed by atoms with Gasteiger partial charge in [0.1, 0.15) is 5.82 Å². The predicted molar refractivity (Wildman–Crippen MR) is 76.8 cm³/mol. The molecule has 0 saturated carbocycles. The Morgan fingerprint density at radius 2 is 2.04 bits per heavy atom. The van der Waals surface area contributed by atoms with Crippen LogP contribution in [0.5, 0.6) is 0 Å². The molecule has 0 spiro atoms. The number of hydrogen-bond donors (Lipinski definition) is 1. The van der Waals surface area contributed by atoms with Crippen molar-refractivity contribution in [2.75, 3.05) is 26.2 Å². The summed E-state index contributed by atoms with van der Waals surface area (Å²) in [7, 11) is 0. The number of imide groups is 1. The van der Waals surface area contributed by atoms with E-state index in [2.05, 4.69) is 10.1 Å². The number of hydrogen-bond acceptors (Lipinski definition) is 4. The molecule has 0 atom stereocenters. The van der Waals surface area contributed by atoms with Crippen molar-refractivity contribution in [3.8, 4) is 0 Å². The van der Waals surface area contributed by atoms with Crippen LogP contribution in [0.2, 0.25) is 0 Å². The van der Waals surface area contributed by atoms with E-state index in [1.165, 1.54) is 6.07 Å². The third-order valence-electron chi connectivity index (χ3n) is 3.91. The maximum Gasteiger partial charge on any atom is 0.417 e.